The Kier molecular flexibility index (Phi) is 6.34. The van der Waals surface area contributed by atoms with Crippen LogP contribution in [0.5, 0.6) is 0 Å². The van der Waals surface area contributed by atoms with Crippen LogP contribution in [0.4, 0.5) is 16.3 Å². The number of H-pyrrole nitrogens is 1. The highest BCUT2D eigenvalue weighted by atomic mass is 16.6. The maximum absolute atomic E-state index is 12.2. The van der Waals surface area contributed by atoms with Crippen molar-refractivity contribution in [2.75, 3.05) is 23.3 Å². The van der Waals surface area contributed by atoms with Crippen molar-refractivity contribution in [3.8, 4) is 11.3 Å². The normalized spacial score (nSPS) is 20.9. The summed E-state index contributed by atoms with van der Waals surface area (Å²) in [4.78, 5) is 39.1. The minimum atomic E-state index is -0.584. The summed E-state index contributed by atoms with van der Waals surface area (Å²) in [6, 6.07) is 7.85. The fourth-order valence-electron chi connectivity index (χ4n) is 5.00. The topological polar surface area (TPSA) is 100 Å². The molecule has 3 aromatic heterocycles. The zero-order chi connectivity index (χ0) is 24.6. The molecule has 0 radical (unpaired) electrons. The van der Waals surface area contributed by atoms with Crippen molar-refractivity contribution in [1.29, 1.82) is 0 Å². The van der Waals surface area contributed by atoms with Crippen molar-refractivity contribution in [2.24, 2.45) is 17.8 Å². The molecule has 0 saturated carbocycles. The molecule has 1 fully saturated rings. The minimum Gasteiger partial charge on any atom is -0.444 e. The van der Waals surface area contributed by atoms with Crippen LogP contribution >= 0.6 is 0 Å². The third-order valence-electron chi connectivity index (χ3n) is 6.22. The van der Waals surface area contributed by atoms with E-state index in [-0.39, 0.29) is 23.5 Å². The zero-order valence-corrected chi connectivity index (χ0v) is 20.7. The van der Waals surface area contributed by atoms with Crippen LogP contribution < -0.4 is 10.2 Å². The maximum atomic E-state index is 12.2. The number of ether oxygens (including phenoxy) is 1. The molecule has 1 aliphatic heterocycles. The Bertz CT molecular complexity index is 1200. The van der Waals surface area contributed by atoms with E-state index in [4.69, 9.17) is 9.72 Å². The molecule has 3 aromatic rings. The molecule has 1 aliphatic rings. The van der Waals surface area contributed by atoms with Crippen molar-refractivity contribution in [1.82, 2.24) is 15.0 Å². The second-order valence-corrected chi connectivity index (χ2v) is 10.3. The molecule has 4 heterocycles. The highest BCUT2D eigenvalue weighted by molar-refractivity contribution is 5.96. The minimum absolute atomic E-state index is 0.0926. The Morgan fingerprint density at radius 1 is 1.18 bits per heavy atom. The number of Topliss-reactive ketones (excluding diaryl/α,β-unsaturated/α-hetero) is 1. The molecule has 8 nitrogen and oxygen atoms in total. The number of fused-ring (bicyclic) bond motifs is 1. The number of pyridine rings is 2. The number of carbonyl (C=O) groups is 2. The summed E-state index contributed by atoms with van der Waals surface area (Å²) in [6.45, 7) is 13.0. The second-order valence-electron chi connectivity index (χ2n) is 10.3. The van der Waals surface area contributed by atoms with Gasteiger partial charge >= 0.3 is 6.09 Å². The second kappa shape index (κ2) is 9.08. The Hall–Kier alpha value is -3.42. The van der Waals surface area contributed by atoms with Crippen LogP contribution in [-0.2, 0) is 9.53 Å². The number of piperidine rings is 1. The predicted octanol–water partition coefficient (Wildman–Crippen LogP) is 5.27. The summed E-state index contributed by atoms with van der Waals surface area (Å²) in [5.41, 5.74) is 2.39. The molecule has 180 valence electrons. The molecule has 34 heavy (non-hydrogen) atoms. The van der Waals surface area contributed by atoms with E-state index in [0.717, 1.165) is 35.6 Å². The van der Waals surface area contributed by atoms with Crippen molar-refractivity contribution in [3.05, 3.63) is 36.7 Å². The van der Waals surface area contributed by atoms with Gasteiger partial charge in [0.2, 0.25) is 0 Å². The van der Waals surface area contributed by atoms with Crippen molar-refractivity contribution < 1.29 is 14.3 Å². The largest absolute Gasteiger partial charge is 0.444 e. The third-order valence-corrected chi connectivity index (χ3v) is 6.22. The lowest BCUT2D eigenvalue weighted by Gasteiger charge is -2.41. The van der Waals surface area contributed by atoms with Gasteiger partial charge in [-0.1, -0.05) is 19.9 Å². The number of nitrogens with zero attached hydrogens (tertiary/aromatic N) is 3. The lowest BCUT2D eigenvalue weighted by Crippen LogP contribution is -2.47. The molecule has 0 bridgehead atoms. The molecule has 4 rings (SSSR count). The number of anilines is 2. The first-order valence-corrected chi connectivity index (χ1v) is 11.7. The average Bonchev–Trinajstić information content (AvgIpc) is 3.15. The van der Waals surface area contributed by atoms with E-state index >= 15 is 0 Å². The number of amides is 1. The summed E-state index contributed by atoms with van der Waals surface area (Å²) in [5.74, 6) is 1.79. The summed E-state index contributed by atoms with van der Waals surface area (Å²) in [6.07, 6.45) is 2.95. The number of nitrogens with one attached hydrogen (secondary N) is 2. The average molecular weight is 464 g/mol. The Balaban J connectivity index is 1.60. The highest BCUT2D eigenvalue weighted by Crippen LogP contribution is 2.33. The number of carbonyl (C=O) groups excluding carboxylic acids is 2. The van der Waals surface area contributed by atoms with Crippen molar-refractivity contribution >= 4 is 34.4 Å². The van der Waals surface area contributed by atoms with Crippen LogP contribution in [0.1, 0.15) is 41.5 Å². The van der Waals surface area contributed by atoms with Gasteiger partial charge in [-0.2, -0.15) is 0 Å². The van der Waals surface area contributed by atoms with Crippen LogP contribution in [0.3, 0.4) is 0 Å². The fourth-order valence-corrected chi connectivity index (χ4v) is 5.00. The Labute approximate surface area is 200 Å². The lowest BCUT2D eigenvalue weighted by molar-refractivity contribution is -0.124. The molecule has 1 saturated heterocycles. The summed E-state index contributed by atoms with van der Waals surface area (Å²) < 4.78 is 5.35. The molecular formula is C26H33N5O3. The SMILES string of the molecule is CC(=O)C1[C@H](C)CN(c2cccc(-c3c[nH]c4ncc(NC(=O)OC(C)(C)C)cc34)n2)C[C@@H]1C. The molecule has 2 N–H and O–H groups in total. The van der Waals surface area contributed by atoms with Gasteiger partial charge in [0, 0.05) is 36.2 Å². The van der Waals surface area contributed by atoms with E-state index in [2.05, 4.69) is 34.0 Å². The highest BCUT2D eigenvalue weighted by Gasteiger charge is 2.35. The van der Waals surface area contributed by atoms with E-state index in [0.29, 0.717) is 11.3 Å². The first kappa shape index (κ1) is 23.7. The van der Waals surface area contributed by atoms with Crippen LogP contribution in [0, 0.1) is 17.8 Å². The number of rotatable bonds is 4. The fraction of sp³-hybridized carbons (Fsp3) is 0.462. The van der Waals surface area contributed by atoms with Gasteiger partial charge in [-0.3, -0.25) is 10.1 Å². The van der Waals surface area contributed by atoms with Gasteiger partial charge in [0.05, 0.1) is 17.6 Å². The lowest BCUT2D eigenvalue weighted by atomic mass is 9.77. The van der Waals surface area contributed by atoms with E-state index in [9.17, 15) is 9.59 Å². The van der Waals surface area contributed by atoms with Crippen molar-refractivity contribution in [2.45, 2.75) is 47.1 Å². The van der Waals surface area contributed by atoms with Crippen LogP contribution in [0.15, 0.2) is 36.7 Å². The quantitative estimate of drug-likeness (QED) is 0.547. The summed E-state index contributed by atoms with van der Waals surface area (Å²) >= 11 is 0. The number of ketones is 1. The number of aromatic amines is 1. The smallest absolute Gasteiger partial charge is 0.412 e. The first-order chi connectivity index (χ1) is 16.0. The van der Waals surface area contributed by atoms with Gasteiger partial charge in [0.15, 0.2) is 0 Å². The molecule has 0 aliphatic carbocycles. The predicted molar refractivity (Wildman–Crippen MR) is 134 cm³/mol. The van der Waals surface area contributed by atoms with E-state index < -0.39 is 11.7 Å². The molecule has 8 heteroatoms. The standard InChI is InChI=1S/C26H33N5O3/c1-15-13-31(14-16(2)23(15)17(3)32)22-9-7-8-21(30-22)20-12-28-24-19(20)10-18(11-27-24)29-25(33)34-26(4,5)6/h7-12,15-16,23H,13-14H2,1-6H3,(H,27,28)(H,29,33)/t15-,16+,23?. The van der Waals surface area contributed by atoms with Gasteiger partial charge in [0.1, 0.15) is 22.8 Å². The Morgan fingerprint density at radius 3 is 2.53 bits per heavy atom. The number of aromatic nitrogens is 3. The molecule has 0 aromatic carbocycles. The van der Waals surface area contributed by atoms with Crippen LogP contribution in [0.2, 0.25) is 0 Å². The molecule has 0 spiro atoms. The molecular weight excluding hydrogens is 430 g/mol. The Morgan fingerprint density at radius 2 is 1.88 bits per heavy atom. The summed E-state index contributed by atoms with van der Waals surface area (Å²) in [5, 5.41) is 3.61. The van der Waals surface area contributed by atoms with Gasteiger partial charge in [-0.25, -0.2) is 14.8 Å². The number of hydrogen-bond donors (Lipinski definition) is 2. The maximum Gasteiger partial charge on any atom is 0.412 e. The van der Waals surface area contributed by atoms with Gasteiger partial charge in [0.25, 0.3) is 0 Å². The van der Waals surface area contributed by atoms with Crippen LogP contribution in [-0.4, -0.2) is 45.5 Å². The monoisotopic (exact) mass is 463 g/mol. The van der Waals surface area contributed by atoms with Gasteiger partial charge in [-0.15, -0.1) is 0 Å². The first-order valence-electron chi connectivity index (χ1n) is 11.7. The van der Waals surface area contributed by atoms with Crippen LogP contribution in [0.25, 0.3) is 22.3 Å². The molecule has 3 atom stereocenters. The van der Waals surface area contributed by atoms with E-state index in [1.54, 1.807) is 13.1 Å². The molecule has 1 unspecified atom stereocenters. The summed E-state index contributed by atoms with van der Waals surface area (Å²) in [7, 11) is 0. The molecule has 1 amide bonds. The third kappa shape index (κ3) is 5.05. The van der Waals surface area contributed by atoms with Crippen molar-refractivity contribution in [3.63, 3.8) is 0 Å². The van der Waals surface area contributed by atoms with Gasteiger partial charge < -0.3 is 14.6 Å². The van der Waals surface area contributed by atoms with E-state index in [1.165, 1.54) is 0 Å². The van der Waals surface area contributed by atoms with E-state index in [1.807, 2.05) is 51.2 Å². The number of hydrogen-bond acceptors (Lipinski definition) is 6. The zero-order valence-electron chi connectivity index (χ0n) is 20.7. The van der Waals surface area contributed by atoms with Gasteiger partial charge in [-0.05, 0) is 57.7 Å².